The number of fused-ring (bicyclic) bond motifs is 1. The molecule has 2 unspecified atom stereocenters. The molecule has 3 rings (SSSR count). The second-order valence-electron chi connectivity index (χ2n) is 5.96. The van der Waals surface area contributed by atoms with Gasteiger partial charge in [-0.3, -0.25) is 0 Å². The summed E-state index contributed by atoms with van der Waals surface area (Å²) in [6.07, 6.45) is -1.03. The molecule has 0 N–H and O–H groups in total. The number of hydrogen-bond donors (Lipinski definition) is 0. The summed E-state index contributed by atoms with van der Waals surface area (Å²) in [6, 6.07) is 3.04. The van der Waals surface area contributed by atoms with Gasteiger partial charge in [-0.15, -0.1) is 10.2 Å². The Bertz CT molecular complexity index is 488. The van der Waals surface area contributed by atoms with Crippen molar-refractivity contribution in [3.8, 4) is 0 Å². The molecule has 0 saturated carbocycles. The molecule has 2 aliphatic heterocycles. The standard InChI is InChI=1S/C14H19F3N4/c1-20-7-2-3-10-9-21(8-6-11(10)20)13-5-4-12(18-19-13)14(15,16)17/h4-5,10-11H,2-3,6-9H2,1H3. The number of nitrogens with zero attached hydrogens (tertiary/aromatic N) is 4. The fraction of sp³-hybridized carbons (Fsp3) is 0.714. The quantitative estimate of drug-likeness (QED) is 0.797. The average molecular weight is 300 g/mol. The molecule has 0 amide bonds. The van der Waals surface area contributed by atoms with Gasteiger partial charge in [-0.1, -0.05) is 0 Å². The van der Waals surface area contributed by atoms with Gasteiger partial charge in [0.15, 0.2) is 11.5 Å². The molecule has 0 spiro atoms. The van der Waals surface area contributed by atoms with E-state index in [4.69, 9.17) is 0 Å². The molecule has 0 radical (unpaired) electrons. The second-order valence-corrected chi connectivity index (χ2v) is 5.96. The van der Waals surface area contributed by atoms with Crippen molar-refractivity contribution < 1.29 is 13.2 Å². The van der Waals surface area contributed by atoms with Crippen LogP contribution in [-0.4, -0.2) is 47.8 Å². The molecule has 7 heteroatoms. The van der Waals surface area contributed by atoms with E-state index in [2.05, 4.69) is 27.0 Å². The number of anilines is 1. The summed E-state index contributed by atoms with van der Waals surface area (Å²) in [5, 5.41) is 7.08. The molecule has 0 aliphatic carbocycles. The zero-order valence-corrected chi connectivity index (χ0v) is 12.0. The summed E-state index contributed by atoms with van der Waals surface area (Å²) in [6.45, 7) is 2.82. The number of likely N-dealkylation sites (tertiary alicyclic amines) is 1. The first-order valence-electron chi connectivity index (χ1n) is 7.31. The highest BCUT2D eigenvalue weighted by molar-refractivity contribution is 5.38. The van der Waals surface area contributed by atoms with Crippen LogP contribution >= 0.6 is 0 Å². The molecule has 3 heterocycles. The van der Waals surface area contributed by atoms with Gasteiger partial charge in [0.1, 0.15) is 0 Å². The van der Waals surface area contributed by atoms with Crippen LogP contribution in [0.1, 0.15) is 25.0 Å². The Kier molecular flexibility index (Phi) is 3.77. The highest BCUT2D eigenvalue weighted by Crippen LogP contribution is 2.32. The Morgan fingerprint density at radius 1 is 1.14 bits per heavy atom. The third kappa shape index (κ3) is 2.97. The van der Waals surface area contributed by atoms with E-state index in [1.165, 1.54) is 18.9 Å². The zero-order valence-electron chi connectivity index (χ0n) is 12.0. The minimum atomic E-state index is -4.43. The van der Waals surface area contributed by atoms with E-state index in [9.17, 15) is 13.2 Å². The van der Waals surface area contributed by atoms with E-state index >= 15 is 0 Å². The summed E-state index contributed by atoms with van der Waals surface area (Å²) in [5.41, 5.74) is -0.932. The molecule has 0 bridgehead atoms. The molecule has 0 aromatic carbocycles. The molecule has 2 atom stereocenters. The van der Waals surface area contributed by atoms with Crippen LogP contribution in [0.2, 0.25) is 0 Å². The van der Waals surface area contributed by atoms with E-state index < -0.39 is 11.9 Å². The third-order valence-corrected chi connectivity index (χ3v) is 4.61. The van der Waals surface area contributed by atoms with Crippen LogP contribution in [-0.2, 0) is 6.18 Å². The smallest absolute Gasteiger partial charge is 0.355 e. The lowest BCUT2D eigenvalue weighted by molar-refractivity contribution is -0.141. The summed E-state index contributed by atoms with van der Waals surface area (Å²) in [7, 11) is 2.16. The Hall–Kier alpha value is -1.37. The van der Waals surface area contributed by atoms with Crippen LogP contribution in [0.15, 0.2) is 12.1 Å². The molecular weight excluding hydrogens is 281 g/mol. The molecule has 2 fully saturated rings. The van der Waals surface area contributed by atoms with Gasteiger partial charge >= 0.3 is 6.18 Å². The molecule has 2 saturated heterocycles. The molecule has 2 aliphatic rings. The van der Waals surface area contributed by atoms with Gasteiger partial charge in [-0.2, -0.15) is 13.2 Å². The maximum atomic E-state index is 12.5. The molecule has 1 aromatic rings. The summed E-state index contributed by atoms with van der Waals surface area (Å²) in [5.74, 6) is 1.12. The molecular formula is C14H19F3N4. The zero-order chi connectivity index (χ0) is 15.0. The number of halogens is 3. The Balaban J connectivity index is 1.71. The minimum absolute atomic E-state index is 0.551. The highest BCUT2D eigenvalue weighted by Gasteiger charge is 2.36. The average Bonchev–Trinajstić information content (AvgIpc) is 2.46. The number of aromatic nitrogens is 2. The predicted molar refractivity (Wildman–Crippen MR) is 73.0 cm³/mol. The van der Waals surface area contributed by atoms with Gasteiger partial charge in [0.2, 0.25) is 0 Å². The van der Waals surface area contributed by atoms with Crippen molar-refractivity contribution in [2.45, 2.75) is 31.5 Å². The second kappa shape index (κ2) is 5.44. The first kappa shape index (κ1) is 14.6. The first-order chi connectivity index (χ1) is 9.95. The molecule has 4 nitrogen and oxygen atoms in total. The third-order valence-electron chi connectivity index (χ3n) is 4.61. The van der Waals surface area contributed by atoms with E-state index in [0.29, 0.717) is 17.8 Å². The Morgan fingerprint density at radius 2 is 1.95 bits per heavy atom. The molecule has 116 valence electrons. The number of hydrogen-bond acceptors (Lipinski definition) is 4. The van der Waals surface area contributed by atoms with Crippen LogP contribution in [0.5, 0.6) is 0 Å². The van der Waals surface area contributed by atoms with Crippen LogP contribution in [0.3, 0.4) is 0 Å². The van der Waals surface area contributed by atoms with Crippen molar-refractivity contribution in [3.63, 3.8) is 0 Å². The van der Waals surface area contributed by atoms with Crippen LogP contribution in [0.4, 0.5) is 19.0 Å². The van der Waals surface area contributed by atoms with Crippen molar-refractivity contribution in [3.05, 3.63) is 17.8 Å². The lowest BCUT2D eigenvalue weighted by atomic mass is 9.84. The minimum Gasteiger partial charge on any atom is -0.355 e. The number of piperidine rings is 2. The molecule has 1 aromatic heterocycles. The van der Waals surface area contributed by atoms with E-state index in [-0.39, 0.29) is 0 Å². The number of alkyl halides is 3. The maximum absolute atomic E-state index is 12.5. The van der Waals surface area contributed by atoms with Gasteiger partial charge in [-0.25, -0.2) is 0 Å². The monoisotopic (exact) mass is 300 g/mol. The van der Waals surface area contributed by atoms with Crippen LogP contribution in [0, 0.1) is 5.92 Å². The van der Waals surface area contributed by atoms with Crippen molar-refractivity contribution in [1.29, 1.82) is 0 Å². The largest absolute Gasteiger partial charge is 0.435 e. The first-order valence-corrected chi connectivity index (χ1v) is 7.31. The molecule has 21 heavy (non-hydrogen) atoms. The van der Waals surface area contributed by atoms with Crippen molar-refractivity contribution in [2.75, 3.05) is 31.6 Å². The van der Waals surface area contributed by atoms with Gasteiger partial charge in [0, 0.05) is 19.1 Å². The maximum Gasteiger partial charge on any atom is 0.435 e. The van der Waals surface area contributed by atoms with E-state index in [1.807, 2.05) is 0 Å². The summed E-state index contributed by atoms with van der Waals surface area (Å²) >= 11 is 0. The van der Waals surface area contributed by atoms with Crippen molar-refractivity contribution in [2.24, 2.45) is 5.92 Å². The lowest BCUT2D eigenvalue weighted by Crippen LogP contribution is -2.52. The fourth-order valence-corrected chi connectivity index (χ4v) is 3.51. The van der Waals surface area contributed by atoms with Gasteiger partial charge in [0.25, 0.3) is 0 Å². The Labute approximate surface area is 121 Å². The lowest BCUT2D eigenvalue weighted by Gasteiger charge is -2.46. The highest BCUT2D eigenvalue weighted by atomic mass is 19.4. The van der Waals surface area contributed by atoms with Crippen molar-refractivity contribution in [1.82, 2.24) is 15.1 Å². The summed E-state index contributed by atoms with van der Waals surface area (Å²) in [4.78, 5) is 4.47. The topological polar surface area (TPSA) is 32.3 Å². The predicted octanol–water partition coefficient (Wildman–Crippen LogP) is 2.42. The van der Waals surface area contributed by atoms with Crippen LogP contribution in [0.25, 0.3) is 0 Å². The van der Waals surface area contributed by atoms with Crippen LogP contribution < -0.4 is 4.90 Å². The van der Waals surface area contributed by atoms with Gasteiger partial charge in [0.05, 0.1) is 0 Å². The van der Waals surface area contributed by atoms with Gasteiger partial charge in [-0.05, 0) is 50.9 Å². The fourth-order valence-electron chi connectivity index (χ4n) is 3.51. The normalized spacial score (nSPS) is 27.5. The summed E-state index contributed by atoms with van der Waals surface area (Å²) < 4.78 is 37.5. The van der Waals surface area contributed by atoms with Gasteiger partial charge < -0.3 is 9.80 Å². The number of rotatable bonds is 1. The van der Waals surface area contributed by atoms with E-state index in [1.54, 1.807) is 0 Å². The SMILES string of the molecule is CN1CCCC2CN(c3ccc(C(F)(F)F)nn3)CCC21. The van der Waals surface area contributed by atoms with E-state index in [0.717, 1.165) is 32.1 Å². The Morgan fingerprint density at radius 3 is 2.62 bits per heavy atom. The van der Waals surface area contributed by atoms with Crippen molar-refractivity contribution >= 4 is 5.82 Å².